The summed E-state index contributed by atoms with van der Waals surface area (Å²) < 4.78 is 0.852. The molecule has 1 N–H and O–H groups in total. The van der Waals surface area contributed by atoms with E-state index in [-0.39, 0.29) is 11.8 Å². The number of piperazine rings is 1. The van der Waals surface area contributed by atoms with E-state index >= 15 is 0 Å². The Hall–Kier alpha value is -1.43. The van der Waals surface area contributed by atoms with E-state index in [9.17, 15) is 9.59 Å². The van der Waals surface area contributed by atoms with E-state index in [1.165, 1.54) is 0 Å². The highest BCUT2D eigenvalue weighted by Crippen LogP contribution is 2.24. The lowest BCUT2D eigenvalue weighted by molar-refractivity contribution is -0.155. The van der Waals surface area contributed by atoms with Crippen molar-refractivity contribution in [3.63, 3.8) is 0 Å². The first-order valence-corrected chi connectivity index (χ1v) is 6.83. The second kappa shape index (κ2) is 4.92. The highest BCUT2D eigenvalue weighted by molar-refractivity contribution is 9.10. The Kier molecular flexibility index (Phi) is 3.62. The maximum absolute atomic E-state index is 12.3. The molecule has 19 heavy (non-hydrogen) atoms. The molecule has 0 bridgehead atoms. The zero-order chi connectivity index (χ0) is 14.2. The van der Waals surface area contributed by atoms with Crippen LogP contribution in [0.1, 0.15) is 26.3 Å². The third-order valence-corrected chi connectivity index (χ3v) is 3.75. The Labute approximate surface area is 120 Å². The van der Waals surface area contributed by atoms with Gasteiger partial charge in [0, 0.05) is 23.4 Å². The van der Waals surface area contributed by atoms with Crippen LogP contribution in [0.25, 0.3) is 0 Å². The molecule has 2 rings (SSSR count). The summed E-state index contributed by atoms with van der Waals surface area (Å²) in [6.45, 7) is 5.56. The number of pyridine rings is 1. The molecule has 1 atom stereocenters. The van der Waals surface area contributed by atoms with Gasteiger partial charge in [-0.05, 0) is 48.3 Å². The first-order valence-electron chi connectivity index (χ1n) is 6.04. The van der Waals surface area contributed by atoms with E-state index < -0.39 is 11.6 Å². The Bertz CT molecular complexity index is 530. The van der Waals surface area contributed by atoms with Gasteiger partial charge in [0.25, 0.3) is 0 Å². The molecule has 0 saturated carbocycles. The van der Waals surface area contributed by atoms with Gasteiger partial charge >= 0.3 is 0 Å². The average Bonchev–Trinajstić information content (AvgIpc) is 2.33. The predicted octanol–water partition coefficient (Wildman–Crippen LogP) is 1.47. The molecule has 0 radical (unpaired) electrons. The number of nitrogens with one attached hydrogen (secondary N) is 1. The van der Waals surface area contributed by atoms with Gasteiger partial charge in [-0.2, -0.15) is 0 Å². The maximum Gasteiger partial charge on any atom is 0.246 e. The van der Waals surface area contributed by atoms with Crippen molar-refractivity contribution in [2.45, 2.75) is 38.9 Å². The fourth-order valence-corrected chi connectivity index (χ4v) is 2.48. The lowest BCUT2D eigenvalue weighted by atomic mass is 9.95. The molecular formula is C13H16BrN3O2. The maximum atomic E-state index is 12.3. The van der Waals surface area contributed by atoms with Gasteiger partial charge in [-0.15, -0.1) is 0 Å². The summed E-state index contributed by atoms with van der Waals surface area (Å²) in [7, 11) is 0. The number of carbonyl (C=O) groups excluding carboxylic acids is 2. The van der Waals surface area contributed by atoms with Crippen LogP contribution in [0.15, 0.2) is 22.9 Å². The zero-order valence-electron chi connectivity index (χ0n) is 11.1. The Morgan fingerprint density at radius 2 is 2.11 bits per heavy atom. The fourth-order valence-electron chi connectivity index (χ4n) is 2.07. The van der Waals surface area contributed by atoms with Crippen molar-refractivity contribution >= 4 is 27.7 Å². The van der Waals surface area contributed by atoms with Crippen LogP contribution in [0.3, 0.4) is 0 Å². The predicted molar refractivity (Wildman–Crippen MR) is 74.2 cm³/mol. The summed E-state index contributed by atoms with van der Waals surface area (Å²) in [5.41, 5.74) is 0.0315. The molecule has 1 unspecified atom stereocenters. The van der Waals surface area contributed by atoms with Gasteiger partial charge in [0.2, 0.25) is 11.8 Å². The number of rotatable bonds is 2. The van der Waals surface area contributed by atoms with Gasteiger partial charge in [0.05, 0.1) is 0 Å². The number of hydrogen-bond donors (Lipinski definition) is 1. The summed E-state index contributed by atoms with van der Waals surface area (Å²) in [5, 5.41) is 2.69. The minimum atomic E-state index is -0.855. The van der Waals surface area contributed by atoms with Gasteiger partial charge in [-0.1, -0.05) is 0 Å². The summed E-state index contributed by atoms with van der Waals surface area (Å²) in [4.78, 5) is 29.9. The first kappa shape index (κ1) is 14.0. The quantitative estimate of drug-likeness (QED) is 0.895. The molecule has 0 spiro atoms. The van der Waals surface area contributed by atoms with E-state index in [1.807, 2.05) is 6.07 Å². The van der Waals surface area contributed by atoms with Crippen LogP contribution in [0, 0.1) is 0 Å². The third kappa shape index (κ3) is 2.63. The van der Waals surface area contributed by atoms with Gasteiger partial charge in [-0.3, -0.25) is 14.6 Å². The molecule has 0 aromatic carbocycles. The molecule has 2 heterocycles. The molecule has 2 amide bonds. The van der Waals surface area contributed by atoms with E-state index in [0.29, 0.717) is 6.54 Å². The smallest absolute Gasteiger partial charge is 0.246 e. The largest absolute Gasteiger partial charge is 0.343 e. The second-order valence-corrected chi connectivity index (χ2v) is 6.11. The summed E-state index contributed by atoms with van der Waals surface area (Å²) in [6.07, 6.45) is 3.38. The molecule has 1 aromatic heterocycles. The monoisotopic (exact) mass is 325 g/mol. The molecular weight excluding hydrogens is 310 g/mol. The molecule has 6 heteroatoms. The van der Waals surface area contributed by atoms with Gasteiger partial charge in [0.1, 0.15) is 11.6 Å². The van der Waals surface area contributed by atoms with Crippen LogP contribution in [-0.4, -0.2) is 33.3 Å². The number of hydrogen-bond acceptors (Lipinski definition) is 3. The molecule has 1 aliphatic rings. The van der Waals surface area contributed by atoms with Crippen molar-refractivity contribution < 1.29 is 9.59 Å². The van der Waals surface area contributed by atoms with Gasteiger partial charge < -0.3 is 10.2 Å². The Morgan fingerprint density at radius 1 is 1.42 bits per heavy atom. The topological polar surface area (TPSA) is 62.3 Å². The molecule has 1 saturated heterocycles. The summed E-state index contributed by atoms with van der Waals surface area (Å²) >= 11 is 3.35. The van der Waals surface area contributed by atoms with Crippen molar-refractivity contribution in [3.05, 3.63) is 28.5 Å². The molecule has 1 fully saturated rings. The molecule has 1 aromatic rings. The van der Waals surface area contributed by atoms with Gasteiger partial charge in [-0.25, -0.2) is 0 Å². The zero-order valence-corrected chi connectivity index (χ0v) is 12.7. The highest BCUT2D eigenvalue weighted by Gasteiger charge is 2.44. The van der Waals surface area contributed by atoms with Crippen LogP contribution in [0.2, 0.25) is 0 Å². The number of nitrogens with zero attached hydrogens (tertiary/aromatic N) is 2. The van der Waals surface area contributed by atoms with Crippen molar-refractivity contribution in [3.8, 4) is 0 Å². The van der Waals surface area contributed by atoms with E-state index in [1.54, 1.807) is 38.1 Å². The van der Waals surface area contributed by atoms with Crippen LogP contribution in [-0.2, 0) is 16.1 Å². The van der Waals surface area contributed by atoms with Crippen LogP contribution >= 0.6 is 15.9 Å². The number of carbonyl (C=O) groups is 2. The number of halogens is 1. The van der Waals surface area contributed by atoms with E-state index in [4.69, 9.17) is 0 Å². The lowest BCUT2D eigenvalue weighted by Crippen LogP contribution is -2.67. The highest BCUT2D eigenvalue weighted by atomic mass is 79.9. The number of aromatic nitrogens is 1. The summed E-state index contributed by atoms with van der Waals surface area (Å²) in [6, 6.07) is 1.41. The van der Waals surface area contributed by atoms with Crippen molar-refractivity contribution in [1.29, 1.82) is 0 Å². The number of amides is 2. The fraction of sp³-hybridized carbons (Fsp3) is 0.462. The average molecular weight is 326 g/mol. The van der Waals surface area contributed by atoms with E-state index in [0.717, 1.165) is 10.0 Å². The van der Waals surface area contributed by atoms with Gasteiger partial charge in [0.15, 0.2) is 0 Å². The second-order valence-electron chi connectivity index (χ2n) is 5.19. The SMILES string of the molecule is CC1NC(=O)C(C)(C)N(Cc2cncc(Br)c2)C1=O. The Balaban J connectivity index is 2.30. The van der Waals surface area contributed by atoms with Crippen molar-refractivity contribution in [2.24, 2.45) is 0 Å². The minimum absolute atomic E-state index is 0.0791. The van der Waals surface area contributed by atoms with E-state index in [2.05, 4.69) is 26.2 Å². The standard InChI is InChI=1S/C13H16BrN3O2/c1-8-11(18)17(13(2,3)12(19)16-8)7-9-4-10(14)6-15-5-9/h4-6,8H,7H2,1-3H3,(H,16,19). The molecule has 102 valence electrons. The van der Waals surface area contributed by atoms with Crippen molar-refractivity contribution in [2.75, 3.05) is 0 Å². The van der Waals surface area contributed by atoms with Crippen LogP contribution in [0.4, 0.5) is 0 Å². The van der Waals surface area contributed by atoms with Crippen molar-refractivity contribution in [1.82, 2.24) is 15.2 Å². The molecule has 0 aliphatic carbocycles. The normalized spacial score (nSPS) is 22.3. The molecule has 5 nitrogen and oxygen atoms in total. The molecule has 1 aliphatic heterocycles. The lowest BCUT2D eigenvalue weighted by Gasteiger charge is -2.43. The first-order chi connectivity index (χ1) is 8.82. The van der Waals surface area contributed by atoms with Crippen LogP contribution in [0.5, 0.6) is 0 Å². The third-order valence-electron chi connectivity index (χ3n) is 3.32. The Morgan fingerprint density at radius 3 is 2.74 bits per heavy atom. The summed E-state index contributed by atoms with van der Waals surface area (Å²) in [5.74, 6) is -0.216. The van der Waals surface area contributed by atoms with Crippen LogP contribution < -0.4 is 5.32 Å². The minimum Gasteiger partial charge on any atom is -0.343 e.